The summed E-state index contributed by atoms with van der Waals surface area (Å²) in [6.45, 7) is 5.68. The van der Waals surface area contributed by atoms with Crippen molar-refractivity contribution in [3.63, 3.8) is 0 Å². The summed E-state index contributed by atoms with van der Waals surface area (Å²) in [6.07, 6.45) is 0. The van der Waals surface area contributed by atoms with E-state index in [2.05, 4.69) is 5.32 Å². The number of Topliss-reactive ketones (excluding diaryl/α,β-unsaturated/α-hetero) is 1. The van der Waals surface area contributed by atoms with Gasteiger partial charge in [-0.1, -0.05) is 13.8 Å². The molecule has 0 aromatic carbocycles. The maximum Gasteiger partial charge on any atom is 0.141 e. The van der Waals surface area contributed by atoms with Crippen LogP contribution in [-0.2, 0) is 4.79 Å². The predicted octanol–water partition coefficient (Wildman–Crippen LogP) is 0.853. The molecule has 0 spiro atoms. The van der Waals surface area contributed by atoms with Crippen LogP contribution in [0.15, 0.2) is 0 Å². The van der Waals surface area contributed by atoms with Crippen molar-refractivity contribution >= 4 is 18.2 Å². The normalized spacial score (nSPS) is 33.2. The zero-order valence-electron chi connectivity index (χ0n) is 6.39. The van der Waals surface area contributed by atoms with Gasteiger partial charge in [0, 0.05) is 24.9 Å². The summed E-state index contributed by atoms with van der Waals surface area (Å²) in [5.41, 5.74) is 0. The van der Waals surface area contributed by atoms with E-state index in [-0.39, 0.29) is 24.2 Å². The van der Waals surface area contributed by atoms with E-state index in [9.17, 15) is 4.79 Å². The van der Waals surface area contributed by atoms with Gasteiger partial charge >= 0.3 is 0 Å². The van der Waals surface area contributed by atoms with E-state index in [1.54, 1.807) is 0 Å². The number of piperidine rings is 1. The van der Waals surface area contributed by atoms with Crippen molar-refractivity contribution in [3.05, 3.63) is 0 Å². The fourth-order valence-electron chi connectivity index (χ4n) is 1.20. The number of carbonyl (C=O) groups is 1. The van der Waals surface area contributed by atoms with E-state index in [1.807, 2.05) is 13.8 Å². The molecule has 0 bridgehead atoms. The van der Waals surface area contributed by atoms with Gasteiger partial charge in [0.25, 0.3) is 0 Å². The maximum absolute atomic E-state index is 11.1. The Morgan fingerprint density at radius 2 is 1.70 bits per heavy atom. The van der Waals surface area contributed by atoms with Crippen LogP contribution in [0.5, 0.6) is 0 Å². The van der Waals surface area contributed by atoms with Gasteiger partial charge in [-0.3, -0.25) is 4.79 Å². The summed E-state index contributed by atoms with van der Waals surface area (Å²) in [4.78, 5) is 11.1. The molecule has 2 nitrogen and oxygen atoms in total. The third-order valence-electron chi connectivity index (χ3n) is 1.87. The molecular formula is C7H14ClNO. The Labute approximate surface area is 67.8 Å². The number of halogens is 1. The molecule has 1 saturated heterocycles. The first-order valence-electron chi connectivity index (χ1n) is 3.46. The van der Waals surface area contributed by atoms with Crippen LogP contribution in [0.2, 0.25) is 0 Å². The first-order chi connectivity index (χ1) is 4.22. The number of carbonyl (C=O) groups excluding carboxylic acids is 1. The van der Waals surface area contributed by atoms with Crippen molar-refractivity contribution in [3.8, 4) is 0 Å². The molecule has 0 saturated carbocycles. The largest absolute Gasteiger partial charge is 0.315 e. The minimum Gasteiger partial charge on any atom is -0.315 e. The second kappa shape index (κ2) is 3.94. The molecule has 2 atom stereocenters. The molecule has 0 radical (unpaired) electrons. The highest BCUT2D eigenvalue weighted by Gasteiger charge is 2.23. The lowest BCUT2D eigenvalue weighted by Gasteiger charge is -2.22. The summed E-state index contributed by atoms with van der Waals surface area (Å²) >= 11 is 0. The molecule has 60 valence electrons. The van der Waals surface area contributed by atoms with E-state index >= 15 is 0 Å². The summed E-state index contributed by atoms with van der Waals surface area (Å²) in [7, 11) is 0. The SMILES string of the molecule is CC1CNCC(C)C1=O.Cl. The molecule has 1 aliphatic rings. The lowest BCUT2D eigenvalue weighted by atomic mass is 9.92. The monoisotopic (exact) mass is 163 g/mol. The van der Waals surface area contributed by atoms with Crippen LogP contribution in [0.25, 0.3) is 0 Å². The van der Waals surface area contributed by atoms with Gasteiger partial charge in [0.1, 0.15) is 5.78 Å². The smallest absolute Gasteiger partial charge is 0.141 e. The van der Waals surface area contributed by atoms with Crippen LogP contribution in [0.1, 0.15) is 13.8 Å². The first kappa shape index (κ1) is 9.92. The number of ketones is 1. The Morgan fingerprint density at radius 1 is 1.30 bits per heavy atom. The van der Waals surface area contributed by atoms with E-state index in [4.69, 9.17) is 0 Å². The Hall–Kier alpha value is -0.0800. The van der Waals surface area contributed by atoms with Gasteiger partial charge < -0.3 is 5.32 Å². The third-order valence-corrected chi connectivity index (χ3v) is 1.87. The number of nitrogens with one attached hydrogen (secondary N) is 1. The van der Waals surface area contributed by atoms with Crippen LogP contribution in [0.4, 0.5) is 0 Å². The van der Waals surface area contributed by atoms with Gasteiger partial charge in [0.15, 0.2) is 0 Å². The molecule has 10 heavy (non-hydrogen) atoms. The van der Waals surface area contributed by atoms with Crippen LogP contribution in [0, 0.1) is 11.8 Å². The molecule has 1 rings (SSSR count). The molecule has 0 aromatic heterocycles. The van der Waals surface area contributed by atoms with Crippen molar-refractivity contribution in [1.29, 1.82) is 0 Å². The fraction of sp³-hybridized carbons (Fsp3) is 0.857. The first-order valence-corrected chi connectivity index (χ1v) is 3.46. The number of rotatable bonds is 0. The van der Waals surface area contributed by atoms with Crippen molar-refractivity contribution in [2.45, 2.75) is 13.8 Å². The molecule has 3 heteroatoms. The number of hydrogen-bond acceptors (Lipinski definition) is 2. The second-order valence-corrected chi connectivity index (χ2v) is 2.86. The van der Waals surface area contributed by atoms with Crippen LogP contribution in [0.3, 0.4) is 0 Å². The van der Waals surface area contributed by atoms with Gasteiger partial charge in [-0.05, 0) is 0 Å². The van der Waals surface area contributed by atoms with Crippen LogP contribution >= 0.6 is 12.4 Å². The van der Waals surface area contributed by atoms with Gasteiger partial charge in [-0.15, -0.1) is 12.4 Å². The fourth-order valence-corrected chi connectivity index (χ4v) is 1.20. The minimum absolute atomic E-state index is 0. The van der Waals surface area contributed by atoms with Gasteiger partial charge in [-0.2, -0.15) is 0 Å². The van der Waals surface area contributed by atoms with Gasteiger partial charge in [0.05, 0.1) is 0 Å². The van der Waals surface area contributed by atoms with Crippen molar-refractivity contribution < 1.29 is 4.79 Å². The lowest BCUT2D eigenvalue weighted by molar-refractivity contribution is -0.127. The second-order valence-electron chi connectivity index (χ2n) is 2.86. The highest BCUT2D eigenvalue weighted by Crippen LogP contribution is 2.09. The Kier molecular flexibility index (Phi) is 3.91. The third kappa shape index (κ3) is 1.96. The summed E-state index contributed by atoms with van der Waals surface area (Å²) in [5.74, 6) is 0.872. The molecule has 1 fully saturated rings. The van der Waals surface area contributed by atoms with E-state index in [0.717, 1.165) is 13.1 Å². The maximum atomic E-state index is 11.1. The highest BCUT2D eigenvalue weighted by molar-refractivity contribution is 5.85. The average molecular weight is 164 g/mol. The molecule has 1 aliphatic heterocycles. The van der Waals surface area contributed by atoms with Crippen LogP contribution < -0.4 is 5.32 Å². The van der Waals surface area contributed by atoms with Crippen molar-refractivity contribution in [2.24, 2.45) is 11.8 Å². The molecule has 1 heterocycles. The minimum atomic E-state index is 0. The number of hydrogen-bond donors (Lipinski definition) is 1. The van der Waals surface area contributed by atoms with Gasteiger partial charge in [-0.25, -0.2) is 0 Å². The van der Waals surface area contributed by atoms with Crippen molar-refractivity contribution in [2.75, 3.05) is 13.1 Å². The quantitative estimate of drug-likeness (QED) is 0.574. The standard InChI is InChI=1S/C7H13NO.ClH/c1-5-3-8-4-6(2)7(5)9;/h5-6,8H,3-4H2,1-2H3;1H. The van der Waals surface area contributed by atoms with Crippen LogP contribution in [-0.4, -0.2) is 18.9 Å². The van der Waals surface area contributed by atoms with E-state index in [0.29, 0.717) is 5.78 Å². The lowest BCUT2D eigenvalue weighted by Crippen LogP contribution is -2.41. The van der Waals surface area contributed by atoms with Gasteiger partial charge in [0.2, 0.25) is 0 Å². The zero-order chi connectivity index (χ0) is 6.85. The molecule has 0 aromatic rings. The Balaban J connectivity index is 0.000000810. The topological polar surface area (TPSA) is 29.1 Å². The molecule has 0 aliphatic carbocycles. The average Bonchev–Trinajstić information content (AvgIpc) is 1.83. The molecule has 0 amide bonds. The van der Waals surface area contributed by atoms with E-state index in [1.165, 1.54) is 0 Å². The van der Waals surface area contributed by atoms with E-state index < -0.39 is 0 Å². The molecule has 2 unspecified atom stereocenters. The molecule has 1 N–H and O–H groups in total. The predicted molar refractivity (Wildman–Crippen MR) is 43.5 cm³/mol. The zero-order valence-corrected chi connectivity index (χ0v) is 7.20. The Bertz CT molecular complexity index is 115. The summed E-state index contributed by atoms with van der Waals surface area (Å²) < 4.78 is 0. The summed E-state index contributed by atoms with van der Waals surface area (Å²) in [6, 6.07) is 0. The highest BCUT2D eigenvalue weighted by atomic mass is 35.5. The molecular weight excluding hydrogens is 150 g/mol. The van der Waals surface area contributed by atoms with Crippen molar-refractivity contribution in [1.82, 2.24) is 5.32 Å². The Morgan fingerprint density at radius 3 is 2.00 bits per heavy atom. The summed E-state index contributed by atoms with van der Waals surface area (Å²) in [5, 5.41) is 3.19.